The van der Waals surface area contributed by atoms with E-state index in [1.165, 1.54) is 25.3 Å². The number of fused-ring (bicyclic) bond motifs is 2. The van der Waals surface area contributed by atoms with Crippen molar-refractivity contribution >= 4 is 11.8 Å². The second kappa shape index (κ2) is 3.89. The molecule has 3 unspecified atom stereocenters. The number of rotatable bonds is 3. The molecule has 0 spiro atoms. The summed E-state index contributed by atoms with van der Waals surface area (Å²) in [6.45, 7) is 2.41. The molecule has 2 bridgehead atoms. The van der Waals surface area contributed by atoms with Crippen molar-refractivity contribution in [3.05, 3.63) is 0 Å². The smallest absolute Gasteiger partial charge is 0.0659 e. The third-order valence-electron chi connectivity index (χ3n) is 3.40. The molecule has 0 radical (unpaired) electrons. The molecular formula is C10H16N2S. The number of likely N-dealkylation sites (tertiary alicyclic amines) is 1. The van der Waals surface area contributed by atoms with Gasteiger partial charge in [-0.2, -0.15) is 17.0 Å². The maximum absolute atomic E-state index is 8.88. The zero-order valence-electron chi connectivity index (χ0n) is 8.07. The van der Waals surface area contributed by atoms with Crippen LogP contribution in [0.1, 0.15) is 12.8 Å². The van der Waals surface area contributed by atoms with Crippen LogP contribution in [0.2, 0.25) is 0 Å². The molecule has 3 atom stereocenters. The number of nitrogens with zero attached hydrogens (tertiary/aromatic N) is 2. The van der Waals surface area contributed by atoms with Crippen molar-refractivity contribution in [1.82, 2.24) is 4.90 Å². The molecule has 0 aromatic carbocycles. The van der Waals surface area contributed by atoms with Gasteiger partial charge in [-0.15, -0.1) is 0 Å². The molecule has 1 heterocycles. The van der Waals surface area contributed by atoms with Crippen molar-refractivity contribution in [1.29, 1.82) is 5.26 Å². The van der Waals surface area contributed by atoms with Gasteiger partial charge in [-0.25, -0.2) is 0 Å². The van der Waals surface area contributed by atoms with Gasteiger partial charge < -0.3 is 0 Å². The molecule has 0 N–H and O–H groups in total. The SMILES string of the molecule is CSCCN1CC2CC1CC2C#N. The van der Waals surface area contributed by atoms with Crippen LogP contribution in [0, 0.1) is 23.2 Å². The zero-order chi connectivity index (χ0) is 9.26. The molecule has 1 saturated carbocycles. The highest BCUT2D eigenvalue weighted by atomic mass is 32.2. The van der Waals surface area contributed by atoms with Gasteiger partial charge in [0.2, 0.25) is 0 Å². The minimum Gasteiger partial charge on any atom is -0.299 e. The molecule has 2 rings (SSSR count). The van der Waals surface area contributed by atoms with Gasteiger partial charge in [-0.05, 0) is 25.0 Å². The highest BCUT2D eigenvalue weighted by Gasteiger charge is 2.44. The minimum atomic E-state index is 0.371. The average molecular weight is 196 g/mol. The van der Waals surface area contributed by atoms with Crippen LogP contribution in [-0.2, 0) is 0 Å². The van der Waals surface area contributed by atoms with E-state index < -0.39 is 0 Å². The number of nitriles is 1. The Kier molecular flexibility index (Phi) is 2.80. The van der Waals surface area contributed by atoms with Crippen molar-refractivity contribution in [3.8, 4) is 6.07 Å². The molecule has 1 aliphatic heterocycles. The van der Waals surface area contributed by atoms with E-state index >= 15 is 0 Å². The van der Waals surface area contributed by atoms with E-state index in [1.54, 1.807) is 0 Å². The van der Waals surface area contributed by atoms with E-state index in [-0.39, 0.29) is 0 Å². The summed E-state index contributed by atoms with van der Waals surface area (Å²) in [6.07, 6.45) is 4.58. The molecule has 13 heavy (non-hydrogen) atoms. The van der Waals surface area contributed by atoms with Gasteiger partial charge >= 0.3 is 0 Å². The molecule has 1 saturated heterocycles. The van der Waals surface area contributed by atoms with Crippen molar-refractivity contribution in [2.45, 2.75) is 18.9 Å². The Morgan fingerprint density at radius 2 is 2.38 bits per heavy atom. The molecule has 2 fully saturated rings. The predicted molar refractivity (Wildman–Crippen MR) is 55.6 cm³/mol. The van der Waals surface area contributed by atoms with Crippen molar-refractivity contribution < 1.29 is 0 Å². The fourth-order valence-electron chi connectivity index (χ4n) is 2.69. The topological polar surface area (TPSA) is 27.0 Å². The molecule has 1 aliphatic carbocycles. The summed E-state index contributed by atoms with van der Waals surface area (Å²) >= 11 is 1.92. The lowest BCUT2D eigenvalue weighted by Crippen LogP contribution is -2.36. The van der Waals surface area contributed by atoms with Gasteiger partial charge in [0.1, 0.15) is 0 Å². The highest BCUT2D eigenvalue weighted by Crippen LogP contribution is 2.41. The fraction of sp³-hybridized carbons (Fsp3) is 0.900. The predicted octanol–water partition coefficient (Wildman–Crippen LogP) is 1.58. The molecular weight excluding hydrogens is 180 g/mol. The molecule has 2 aliphatic rings. The monoisotopic (exact) mass is 196 g/mol. The Hall–Kier alpha value is -0.200. The Morgan fingerprint density at radius 3 is 2.92 bits per heavy atom. The first-order valence-electron chi connectivity index (χ1n) is 4.97. The Morgan fingerprint density at radius 1 is 1.54 bits per heavy atom. The van der Waals surface area contributed by atoms with E-state index in [2.05, 4.69) is 17.2 Å². The fourth-order valence-corrected chi connectivity index (χ4v) is 3.10. The maximum atomic E-state index is 8.88. The minimum absolute atomic E-state index is 0.371. The van der Waals surface area contributed by atoms with E-state index in [4.69, 9.17) is 5.26 Å². The standard InChI is InChI=1S/C10H16N2S/c1-13-3-2-12-7-9-5-10(12)4-8(9)6-11/h8-10H,2-5,7H2,1H3. The van der Waals surface area contributed by atoms with Gasteiger partial charge in [0.25, 0.3) is 0 Å². The summed E-state index contributed by atoms with van der Waals surface area (Å²) < 4.78 is 0. The second-order valence-corrected chi connectivity index (χ2v) is 5.09. The third kappa shape index (κ3) is 1.70. The van der Waals surface area contributed by atoms with Crippen LogP contribution in [0.25, 0.3) is 0 Å². The normalized spacial score (nSPS) is 38.0. The van der Waals surface area contributed by atoms with Crippen LogP contribution in [-0.4, -0.2) is 36.0 Å². The summed E-state index contributed by atoms with van der Waals surface area (Å²) in [4.78, 5) is 2.58. The highest BCUT2D eigenvalue weighted by molar-refractivity contribution is 7.98. The second-order valence-electron chi connectivity index (χ2n) is 4.11. The average Bonchev–Trinajstić information content (AvgIpc) is 2.72. The van der Waals surface area contributed by atoms with Crippen LogP contribution < -0.4 is 0 Å². The van der Waals surface area contributed by atoms with Gasteiger partial charge in [0, 0.05) is 24.9 Å². The van der Waals surface area contributed by atoms with E-state index in [1.807, 2.05) is 11.8 Å². The number of thioether (sulfide) groups is 1. The Balaban J connectivity index is 1.85. The summed E-state index contributed by atoms with van der Waals surface area (Å²) in [5, 5.41) is 8.88. The Bertz CT molecular complexity index is 223. The third-order valence-corrected chi connectivity index (χ3v) is 3.99. The van der Waals surface area contributed by atoms with Gasteiger partial charge in [-0.3, -0.25) is 4.90 Å². The van der Waals surface area contributed by atoms with E-state index in [0.717, 1.165) is 12.5 Å². The number of piperidine rings is 1. The van der Waals surface area contributed by atoms with Crippen molar-refractivity contribution in [2.75, 3.05) is 25.1 Å². The number of hydrogen-bond donors (Lipinski definition) is 0. The summed E-state index contributed by atoms with van der Waals surface area (Å²) in [5.74, 6) is 2.30. The quantitative estimate of drug-likeness (QED) is 0.686. The molecule has 0 amide bonds. The van der Waals surface area contributed by atoms with Crippen LogP contribution in [0.15, 0.2) is 0 Å². The van der Waals surface area contributed by atoms with E-state index in [9.17, 15) is 0 Å². The van der Waals surface area contributed by atoms with Gasteiger partial charge in [0.15, 0.2) is 0 Å². The summed E-state index contributed by atoms with van der Waals surface area (Å²) in [7, 11) is 0. The van der Waals surface area contributed by atoms with Crippen LogP contribution in [0.3, 0.4) is 0 Å². The lowest BCUT2D eigenvalue weighted by Gasteiger charge is -2.28. The maximum Gasteiger partial charge on any atom is 0.0659 e. The van der Waals surface area contributed by atoms with Crippen LogP contribution in [0.4, 0.5) is 0 Å². The van der Waals surface area contributed by atoms with Crippen molar-refractivity contribution in [3.63, 3.8) is 0 Å². The molecule has 0 aromatic rings. The van der Waals surface area contributed by atoms with Crippen molar-refractivity contribution in [2.24, 2.45) is 11.8 Å². The molecule has 3 heteroatoms. The van der Waals surface area contributed by atoms with Crippen LogP contribution in [0.5, 0.6) is 0 Å². The molecule has 2 nitrogen and oxygen atoms in total. The zero-order valence-corrected chi connectivity index (χ0v) is 8.89. The first-order valence-corrected chi connectivity index (χ1v) is 6.37. The first kappa shape index (κ1) is 9.36. The van der Waals surface area contributed by atoms with E-state index in [0.29, 0.717) is 11.8 Å². The lowest BCUT2D eigenvalue weighted by atomic mass is 9.96. The van der Waals surface area contributed by atoms with Gasteiger partial charge in [0.05, 0.1) is 12.0 Å². The summed E-state index contributed by atoms with van der Waals surface area (Å²) in [5.41, 5.74) is 0. The largest absolute Gasteiger partial charge is 0.299 e. The van der Waals surface area contributed by atoms with Crippen LogP contribution >= 0.6 is 11.8 Å². The number of hydrogen-bond acceptors (Lipinski definition) is 3. The Labute approximate surface area is 84.3 Å². The molecule has 0 aromatic heterocycles. The van der Waals surface area contributed by atoms with Gasteiger partial charge in [-0.1, -0.05) is 0 Å². The first-order chi connectivity index (χ1) is 6.35. The lowest BCUT2D eigenvalue weighted by molar-refractivity contribution is 0.205. The summed E-state index contributed by atoms with van der Waals surface area (Å²) in [6, 6.07) is 3.18. The molecule has 72 valence electrons.